The second-order valence-corrected chi connectivity index (χ2v) is 22.5. The van der Waals surface area contributed by atoms with Crippen LogP contribution in [0.1, 0.15) is 0 Å². The van der Waals surface area contributed by atoms with Gasteiger partial charge < -0.3 is 39.9 Å². The molecule has 11 heterocycles. The lowest BCUT2D eigenvalue weighted by Gasteiger charge is -2.01. The number of H-pyrrole nitrogens is 8. The number of pyridine rings is 3. The Balaban J connectivity index is 0.518. The van der Waals surface area contributed by atoms with Crippen molar-refractivity contribution in [1.82, 2.24) is 94.7 Å². The number of aromatic amines is 8. The van der Waals surface area contributed by atoms with Crippen LogP contribution in [0.5, 0.6) is 0 Å². The minimum absolute atomic E-state index is 0.675. The van der Waals surface area contributed by atoms with Gasteiger partial charge in [0, 0.05) is 35.3 Å². The molecule has 19 heteroatoms. The Labute approximate surface area is 507 Å². The van der Waals surface area contributed by atoms with E-state index in [2.05, 4.69) is 183 Å². The quantitative estimate of drug-likeness (QED) is 0.0638. The molecule has 0 atom stereocenters. The van der Waals surface area contributed by atoms with E-state index in [-0.39, 0.29) is 0 Å². The van der Waals surface area contributed by atoms with Gasteiger partial charge in [-0.25, -0.2) is 39.9 Å². The molecule has 19 nitrogen and oxygen atoms in total. The normalized spacial score (nSPS) is 12.0. The summed E-state index contributed by atoms with van der Waals surface area (Å²) < 4.78 is 0. The molecule has 0 unspecified atom stereocenters. The molecule has 0 aliphatic carbocycles. The predicted molar refractivity (Wildman–Crippen MR) is 351 cm³/mol. The number of fused-ring (bicyclic) bond motifs is 8. The minimum Gasteiger partial charge on any atom is -0.345 e. The second-order valence-electron chi connectivity index (χ2n) is 22.5. The fourth-order valence-corrected chi connectivity index (χ4v) is 12.1. The van der Waals surface area contributed by atoms with Gasteiger partial charge in [-0.15, -0.1) is 0 Å². The van der Waals surface area contributed by atoms with Crippen LogP contribution < -0.4 is 0 Å². The summed E-state index contributed by atoms with van der Waals surface area (Å²) in [7, 11) is 0. The van der Waals surface area contributed by atoms with E-state index in [1.165, 1.54) is 0 Å². The topological polar surface area (TPSA) is 268 Å². The van der Waals surface area contributed by atoms with Gasteiger partial charge in [0.2, 0.25) is 0 Å². The van der Waals surface area contributed by atoms with Crippen molar-refractivity contribution in [3.05, 3.63) is 213 Å². The SMILES string of the molecule is c1nc2cc(-c3ccc4[nH]c(-c5ccc(-c6nc7cc(-c8ccc9[nH]c(-c%10ccc(-c%11nc%12cc(-c%13ccc%14[nH]c(-c%15ccc(-c%16nc%17cc(-c%18ccc%19[nH]cnc%19c%18)ccc%17[nH]%16)nc%15)nc%14c%13)ccc%12[nH]%11)nc%10)nc9c8)ccc7[nH]6)nc5)nc4c3)ccc2[nH]1. The molecular weight excluding hydrogens is 1120 g/mol. The van der Waals surface area contributed by atoms with E-state index in [1.807, 2.05) is 67.1 Å². The Bertz CT molecular complexity index is 5680. The van der Waals surface area contributed by atoms with Crippen LogP contribution in [0.4, 0.5) is 0 Å². The molecule has 8 aromatic carbocycles. The average molecular weight is 1160 g/mol. The van der Waals surface area contributed by atoms with E-state index >= 15 is 0 Å². The van der Waals surface area contributed by atoms with Gasteiger partial charge in [-0.2, -0.15) is 0 Å². The maximum Gasteiger partial charge on any atom is 0.157 e. The first-order chi connectivity index (χ1) is 44.4. The van der Waals surface area contributed by atoms with E-state index in [4.69, 9.17) is 44.9 Å². The van der Waals surface area contributed by atoms with Gasteiger partial charge in [-0.1, -0.05) is 48.5 Å². The number of benzene rings is 8. The van der Waals surface area contributed by atoms with Crippen LogP contribution in [0.25, 0.3) is 201 Å². The average Bonchev–Trinajstić information content (AvgIpc) is 3.15. The fraction of sp³-hybridized carbons (Fsp3) is 0. The summed E-state index contributed by atoms with van der Waals surface area (Å²) in [6, 6.07) is 61.9. The molecule has 8 N–H and O–H groups in total. The number of hydrogen-bond donors (Lipinski definition) is 8. The first kappa shape index (κ1) is 49.3. The molecule has 0 radical (unpaired) electrons. The Morgan fingerprint density at radius 1 is 0.189 bits per heavy atom. The molecule has 0 amide bonds. The lowest BCUT2D eigenvalue weighted by molar-refractivity contribution is 1.22. The first-order valence-electron chi connectivity index (χ1n) is 29.2. The number of rotatable bonds is 10. The molecule has 0 saturated heterocycles. The van der Waals surface area contributed by atoms with Crippen molar-refractivity contribution < 1.29 is 0 Å². The summed E-state index contributed by atoms with van der Waals surface area (Å²) in [4.78, 5) is 80.2. The molecule has 0 bridgehead atoms. The van der Waals surface area contributed by atoms with E-state index in [0.29, 0.717) is 17.5 Å². The lowest BCUT2D eigenvalue weighted by Crippen LogP contribution is -1.87. The molecule has 0 fully saturated rings. The van der Waals surface area contributed by atoms with Crippen molar-refractivity contribution in [1.29, 1.82) is 0 Å². The third-order valence-corrected chi connectivity index (χ3v) is 16.9. The van der Waals surface area contributed by atoms with E-state index in [0.717, 1.165) is 184 Å². The zero-order valence-electron chi connectivity index (χ0n) is 47.1. The van der Waals surface area contributed by atoms with Crippen LogP contribution in [0, 0.1) is 0 Å². The second kappa shape index (κ2) is 19.2. The summed E-state index contributed by atoms with van der Waals surface area (Å²) in [5.74, 6) is 4.26. The summed E-state index contributed by atoms with van der Waals surface area (Å²) in [5.41, 5.74) is 27.7. The molecule has 0 aliphatic rings. The van der Waals surface area contributed by atoms with Gasteiger partial charge in [0.1, 0.15) is 34.6 Å². The number of imidazole rings is 8. The van der Waals surface area contributed by atoms with Crippen LogP contribution in [-0.4, -0.2) is 94.7 Å². The van der Waals surface area contributed by atoms with Gasteiger partial charge in [-0.3, -0.25) is 15.0 Å². The fourth-order valence-electron chi connectivity index (χ4n) is 12.1. The van der Waals surface area contributed by atoms with Crippen molar-refractivity contribution in [3.8, 4) is 113 Å². The van der Waals surface area contributed by atoms with Crippen LogP contribution in [0.15, 0.2) is 213 Å². The monoisotopic (exact) mass is 1160 g/mol. The van der Waals surface area contributed by atoms with Gasteiger partial charge >= 0.3 is 0 Å². The van der Waals surface area contributed by atoms with Crippen LogP contribution in [0.2, 0.25) is 0 Å². The van der Waals surface area contributed by atoms with Gasteiger partial charge in [0.15, 0.2) is 17.5 Å². The highest BCUT2D eigenvalue weighted by atomic mass is 15.0. The van der Waals surface area contributed by atoms with Gasteiger partial charge in [-0.05, 0) is 178 Å². The first-order valence-corrected chi connectivity index (χ1v) is 29.2. The maximum atomic E-state index is 5.01. The van der Waals surface area contributed by atoms with E-state index < -0.39 is 0 Å². The van der Waals surface area contributed by atoms with Crippen LogP contribution >= 0.6 is 0 Å². The Morgan fingerprint density at radius 3 is 0.667 bits per heavy atom. The zero-order valence-corrected chi connectivity index (χ0v) is 47.1. The van der Waals surface area contributed by atoms with Crippen molar-refractivity contribution in [2.24, 2.45) is 0 Å². The molecule has 19 aromatic rings. The highest BCUT2D eigenvalue weighted by Gasteiger charge is 2.17. The zero-order chi connectivity index (χ0) is 59.0. The highest BCUT2D eigenvalue weighted by molar-refractivity contribution is 5.93. The van der Waals surface area contributed by atoms with Crippen molar-refractivity contribution in [2.45, 2.75) is 0 Å². The summed E-state index contributed by atoms with van der Waals surface area (Å²) in [6.45, 7) is 0. The lowest BCUT2D eigenvalue weighted by atomic mass is 10.0. The molecule has 0 saturated carbocycles. The van der Waals surface area contributed by atoms with Gasteiger partial charge in [0.05, 0.1) is 101 Å². The van der Waals surface area contributed by atoms with Crippen molar-refractivity contribution >= 4 is 88.3 Å². The summed E-state index contributed by atoms with van der Waals surface area (Å²) >= 11 is 0. The third kappa shape index (κ3) is 8.40. The Kier molecular flexibility index (Phi) is 10.5. The molecule has 19 rings (SSSR count). The summed E-state index contributed by atoms with van der Waals surface area (Å²) in [5, 5.41) is 0. The summed E-state index contributed by atoms with van der Waals surface area (Å²) in [6.07, 6.45) is 8.91. The third-order valence-electron chi connectivity index (χ3n) is 16.9. The smallest absolute Gasteiger partial charge is 0.157 e. The molecular formula is C71H43N19. The highest BCUT2D eigenvalue weighted by Crippen LogP contribution is 2.35. The van der Waals surface area contributed by atoms with E-state index in [1.54, 1.807) is 12.7 Å². The number of nitrogens with zero attached hydrogens (tertiary/aromatic N) is 11. The molecule has 11 aromatic heterocycles. The molecule has 0 spiro atoms. The van der Waals surface area contributed by atoms with E-state index in [9.17, 15) is 0 Å². The molecule has 0 aliphatic heterocycles. The predicted octanol–water partition coefficient (Wildman–Crippen LogP) is 15.6. The Morgan fingerprint density at radius 2 is 0.411 bits per heavy atom. The van der Waals surface area contributed by atoms with Crippen LogP contribution in [-0.2, 0) is 0 Å². The standard InChI is InChI=1S/C71H43N19/c1-12-47-58(77-34-75-47)23-36(1)38-3-14-49-60(25-38)85-66(79-49)44-9-21-56(73-31-44)70-83-53-18-7-42(29-64(53)89-70)41-5-16-51-62(27-41)87-68(81-51)46-11-22-57(74-33-46)71-84-54-19-8-43(30-65(54)90-71)40-4-15-50-61(26-40)86-67(80-50)45-10-20-55(72-32-45)69-82-52-17-6-39(28-63(52)88-69)37-2-13-48-59(24-37)78-35-76-48/h1-35H,(H,75,77)(H,76,78)(H,79,85)(H,80,86)(H,81,87)(H,82,88)(H,83,89)(H,84,90). The largest absolute Gasteiger partial charge is 0.345 e. The van der Waals surface area contributed by atoms with Crippen molar-refractivity contribution in [3.63, 3.8) is 0 Å². The number of nitrogens with one attached hydrogen (secondary N) is 8. The van der Waals surface area contributed by atoms with Crippen molar-refractivity contribution in [2.75, 3.05) is 0 Å². The van der Waals surface area contributed by atoms with Gasteiger partial charge in [0.25, 0.3) is 0 Å². The maximum absolute atomic E-state index is 5.01. The molecule has 422 valence electrons. The number of hydrogen-bond acceptors (Lipinski definition) is 11. The number of aromatic nitrogens is 19. The minimum atomic E-state index is 0.675. The van der Waals surface area contributed by atoms with Crippen LogP contribution in [0.3, 0.4) is 0 Å². The Hall–Kier alpha value is -13.0. The molecule has 90 heavy (non-hydrogen) atoms.